The number of hydrogen-bond donors (Lipinski definition) is 2. The van der Waals surface area contributed by atoms with Crippen molar-refractivity contribution in [3.8, 4) is 0 Å². The Balaban J connectivity index is 1.48. The van der Waals surface area contributed by atoms with E-state index >= 15 is 0 Å². The van der Waals surface area contributed by atoms with Crippen molar-refractivity contribution in [2.45, 2.75) is 45.1 Å². The lowest BCUT2D eigenvalue weighted by atomic mass is 9.96. The van der Waals surface area contributed by atoms with Crippen LogP contribution in [0.25, 0.3) is 0 Å². The first kappa shape index (κ1) is 24.2. The summed E-state index contributed by atoms with van der Waals surface area (Å²) in [5.74, 6) is -0.0133. The fourth-order valence-corrected chi connectivity index (χ4v) is 5.11. The van der Waals surface area contributed by atoms with Gasteiger partial charge in [-0.2, -0.15) is 0 Å². The fraction of sp³-hybridized carbons (Fsp3) is 0.500. The van der Waals surface area contributed by atoms with Crippen LogP contribution in [0.5, 0.6) is 0 Å². The first-order valence-corrected chi connectivity index (χ1v) is 11.9. The molecule has 1 aromatic heterocycles. The highest BCUT2D eigenvalue weighted by atomic mass is 35.5. The number of nitrogens with zero attached hydrogens (tertiary/aromatic N) is 4. The number of halogens is 2. The van der Waals surface area contributed by atoms with E-state index in [0.717, 1.165) is 24.4 Å². The standard InChI is InChI=1S/C24H29ClFN5O3/c1-14-3-6-20-21(14)22(29-13-28-20)31-8-7-30(12-15(31)2)23(32)17(11-27-24(33)34)9-16-4-5-18(25)19(26)10-16/h4-5,10,13-15,17,27H,3,6-9,11-12H2,1-2H3,(H,33,34)/t14-,15+,17?/m1/s1. The summed E-state index contributed by atoms with van der Waals surface area (Å²) >= 11 is 5.77. The number of nitrogens with one attached hydrogen (secondary N) is 1. The molecule has 0 spiro atoms. The largest absolute Gasteiger partial charge is 0.465 e. The van der Waals surface area contributed by atoms with Crippen LogP contribution in [0.2, 0.25) is 5.02 Å². The van der Waals surface area contributed by atoms with Gasteiger partial charge >= 0.3 is 6.09 Å². The van der Waals surface area contributed by atoms with Crippen molar-refractivity contribution >= 4 is 29.4 Å². The predicted octanol–water partition coefficient (Wildman–Crippen LogP) is 3.48. The molecule has 2 heterocycles. The molecule has 4 rings (SSSR count). The predicted molar refractivity (Wildman–Crippen MR) is 127 cm³/mol. The number of rotatable bonds is 6. The smallest absolute Gasteiger partial charge is 0.404 e. The highest BCUT2D eigenvalue weighted by molar-refractivity contribution is 6.30. The number of anilines is 1. The Morgan fingerprint density at radius 1 is 1.29 bits per heavy atom. The maximum Gasteiger partial charge on any atom is 0.404 e. The van der Waals surface area contributed by atoms with Crippen LogP contribution in [-0.4, -0.2) is 64.2 Å². The van der Waals surface area contributed by atoms with E-state index in [1.807, 2.05) is 0 Å². The molecular formula is C24H29ClFN5O3. The number of piperazine rings is 1. The second kappa shape index (κ2) is 10.1. The van der Waals surface area contributed by atoms with E-state index in [9.17, 15) is 14.0 Å². The third-order valence-electron chi connectivity index (χ3n) is 6.78. The monoisotopic (exact) mass is 489 g/mol. The van der Waals surface area contributed by atoms with Crippen molar-refractivity contribution in [2.75, 3.05) is 31.1 Å². The lowest BCUT2D eigenvalue weighted by molar-refractivity contribution is -0.136. The Kier molecular flexibility index (Phi) is 7.21. The molecule has 2 amide bonds. The Morgan fingerprint density at radius 2 is 2.09 bits per heavy atom. The van der Waals surface area contributed by atoms with Crippen LogP contribution in [0.4, 0.5) is 15.0 Å². The molecule has 0 saturated carbocycles. The van der Waals surface area contributed by atoms with Crippen molar-refractivity contribution in [3.05, 3.63) is 52.2 Å². The minimum atomic E-state index is -1.20. The third-order valence-corrected chi connectivity index (χ3v) is 7.09. The molecule has 182 valence electrons. The first-order chi connectivity index (χ1) is 16.2. The van der Waals surface area contributed by atoms with Gasteiger partial charge in [-0.05, 0) is 49.8 Å². The summed E-state index contributed by atoms with van der Waals surface area (Å²) in [4.78, 5) is 37.6. The van der Waals surface area contributed by atoms with Gasteiger partial charge in [-0.15, -0.1) is 0 Å². The summed E-state index contributed by atoms with van der Waals surface area (Å²) in [7, 11) is 0. The maximum atomic E-state index is 13.9. The van der Waals surface area contributed by atoms with Crippen LogP contribution in [-0.2, 0) is 17.6 Å². The second-order valence-corrected chi connectivity index (χ2v) is 9.57. The SMILES string of the molecule is C[C@@H]1CCc2ncnc(N3CCN(C(=O)C(CNC(=O)O)Cc4ccc(Cl)c(F)c4)C[C@@H]3C)c21. The van der Waals surface area contributed by atoms with Crippen molar-refractivity contribution in [2.24, 2.45) is 5.92 Å². The number of fused-ring (bicyclic) bond motifs is 1. The molecule has 1 unspecified atom stereocenters. The van der Waals surface area contributed by atoms with Gasteiger partial charge in [0.05, 0.1) is 10.9 Å². The number of carbonyl (C=O) groups excluding carboxylic acids is 1. The zero-order valence-electron chi connectivity index (χ0n) is 19.3. The lowest BCUT2D eigenvalue weighted by Crippen LogP contribution is -2.56. The van der Waals surface area contributed by atoms with Crippen LogP contribution in [0, 0.1) is 11.7 Å². The van der Waals surface area contributed by atoms with Crippen molar-refractivity contribution < 1.29 is 19.1 Å². The average Bonchev–Trinajstić information content (AvgIpc) is 3.19. The fourth-order valence-electron chi connectivity index (χ4n) is 4.99. The zero-order chi connectivity index (χ0) is 24.4. The van der Waals surface area contributed by atoms with Crippen LogP contribution in [0.15, 0.2) is 24.5 Å². The van der Waals surface area contributed by atoms with Gasteiger partial charge in [0.1, 0.15) is 18.0 Å². The van der Waals surface area contributed by atoms with Gasteiger partial charge in [-0.1, -0.05) is 24.6 Å². The van der Waals surface area contributed by atoms with Gasteiger partial charge in [0.15, 0.2) is 0 Å². The van der Waals surface area contributed by atoms with E-state index in [1.54, 1.807) is 17.3 Å². The molecule has 1 aromatic carbocycles. The van der Waals surface area contributed by atoms with Gasteiger partial charge < -0.3 is 20.2 Å². The number of benzene rings is 1. The summed E-state index contributed by atoms with van der Waals surface area (Å²) in [6.45, 7) is 5.82. The van der Waals surface area contributed by atoms with E-state index in [2.05, 4.69) is 34.0 Å². The molecule has 2 aromatic rings. The van der Waals surface area contributed by atoms with Crippen LogP contribution in [0.1, 0.15) is 43.0 Å². The highest BCUT2D eigenvalue weighted by Gasteiger charge is 2.34. The summed E-state index contributed by atoms with van der Waals surface area (Å²) in [5, 5.41) is 11.4. The molecule has 10 heteroatoms. The lowest BCUT2D eigenvalue weighted by Gasteiger charge is -2.42. The molecule has 2 N–H and O–H groups in total. The Hall–Kier alpha value is -2.94. The normalized spacial score (nSPS) is 20.7. The van der Waals surface area contributed by atoms with E-state index in [0.29, 0.717) is 31.1 Å². The molecule has 0 bridgehead atoms. The van der Waals surface area contributed by atoms with Crippen molar-refractivity contribution in [1.82, 2.24) is 20.2 Å². The van der Waals surface area contributed by atoms with Crippen LogP contribution in [0.3, 0.4) is 0 Å². The molecule has 0 radical (unpaired) electrons. The van der Waals surface area contributed by atoms with Gasteiger partial charge in [0.25, 0.3) is 0 Å². The van der Waals surface area contributed by atoms with E-state index < -0.39 is 17.8 Å². The van der Waals surface area contributed by atoms with Gasteiger partial charge in [-0.25, -0.2) is 19.2 Å². The number of aromatic nitrogens is 2. The van der Waals surface area contributed by atoms with Gasteiger partial charge in [0, 0.05) is 43.5 Å². The van der Waals surface area contributed by atoms with Crippen molar-refractivity contribution in [1.29, 1.82) is 0 Å². The molecular weight excluding hydrogens is 461 g/mol. The maximum absolute atomic E-state index is 13.9. The Labute approximate surface area is 203 Å². The van der Waals surface area contributed by atoms with Crippen LogP contribution < -0.4 is 10.2 Å². The number of amides is 2. The second-order valence-electron chi connectivity index (χ2n) is 9.16. The minimum Gasteiger partial charge on any atom is -0.465 e. The van der Waals surface area contributed by atoms with Gasteiger partial charge in [0.2, 0.25) is 5.91 Å². The van der Waals surface area contributed by atoms with Gasteiger partial charge in [-0.3, -0.25) is 4.79 Å². The summed E-state index contributed by atoms with van der Waals surface area (Å²) in [6.07, 6.45) is 2.65. The average molecular weight is 490 g/mol. The molecule has 1 aliphatic carbocycles. The molecule has 8 nitrogen and oxygen atoms in total. The quantitative estimate of drug-likeness (QED) is 0.644. The number of hydrogen-bond acceptors (Lipinski definition) is 5. The Bertz CT molecular complexity index is 1080. The number of carboxylic acid groups (broad SMARTS) is 1. The first-order valence-electron chi connectivity index (χ1n) is 11.5. The highest BCUT2D eigenvalue weighted by Crippen LogP contribution is 2.38. The summed E-state index contributed by atoms with van der Waals surface area (Å²) in [6, 6.07) is 4.43. The third kappa shape index (κ3) is 5.09. The molecule has 2 aliphatic rings. The van der Waals surface area contributed by atoms with Crippen molar-refractivity contribution in [3.63, 3.8) is 0 Å². The molecule has 34 heavy (non-hydrogen) atoms. The zero-order valence-corrected chi connectivity index (χ0v) is 20.1. The minimum absolute atomic E-state index is 0.00533. The molecule has 3 atom stereocenters. The topological polar surface area (TPSA) is 98.7 Å². The summed E-state index contributed by atoms with van der Waals surface area (Å²) < 4.78 is 13.9. The molecule has 1 aliphatic heterocycles. The van der Waals surface area contributed by atoms with E-state index in [4.69, 9.17) is 16.7 Å². The molecule has 1 fully saturated rings. The summed E-state index contributed by atoms with van der Waals surface area (Å²) in [5.41, 5.74) is 2.91. The van der Waals surface area contributed by atoms with Crippen LogP contribution >= 0.6 is 11.6 Å². The number of carbonyl (C=O) groups is 2. The number of aryl methyl sites for hydroxylation is 1. The Morgan fingerprint density at radius 3 is 2.79 bits per heavy atom. The molecule has 1 saturated heterocycles. The van der Waals surface area contributed by atoms with E-state index in [-0.39, 0.29) is 29.9 Å². The van der Waals surface area contributed by atoms with E-state index in [1.165, 1.54) is 17.7 Å².